The lowest BCUT2D eigenvalue weighted by molar-refractivity contribution is 0.0679. The van der Waals surface area contributed by atoms with Crippen LogP contribution in [0.3, 0.4) is 0 Å². The highest BCUT2D eigenvalue weighted by Gasteiger charge is 2.23. The minimum absolute atomic E-state index is 0.00295. The molecule has 2 fully saturated rings. The van der Waals surface area contributed by atoms with Crippen molar-refractivity contribution in [3.05, 3.63) is 64.7 Å². The number of nitrogens with one attached hydrogen (secondary N) is 1. The third kappa shape index (κ3) is 6.49. The highest BCUT2D eigenvalue weighted by atomic mass is 16.5. The maximum Gasteiger partial charge on any atom is 0.251 e. The quantitative estimate of drug-likeness (QED) is 0.491. The molecule has 5 heteroatoms. The Balaban J connectivity index is 1.12. The van der Waals surface area contributed by atoms with Crippen molar-refractivity contribution in [3.8, 4) is 5.75 Å². The fourth-order valence-electron chi connectivity index (χ4n) is 6.15. The van der Waals surface area contributed by atoms with Gasteiger partial charge in [-0.2, -0.15) is 0 Å². The van der Waals surface area contributed by atoms with Crippen LogP contribution in [0.15, 0.2) is 42.5 Å². The molecule has 1 heterocycles. The molecule has 0 aromatic heterocycles. The van der Waals surface area contributed by atoms with Crippen molar-refractivity contribution in [2.24, 2.45) is 0 Å². The number of aryl methyl sites for hydroxylation is 1. The largest absolute Gasteiger partial charge is 0.491 e. The van der Waals surface area contributed by atoms with E-state index >= 15 is 0 Å². The molecule has 0 unspecified atom stereocenters. The van der Waals surface area contributed by atoms with Gasteiger partial charge in [0.15, 0.2) is 0 Å². The zero-order valence-electron chi connectivity index (χ0n) is 21.8. The van der Waals surface area contributed by atoms with Crippen LogP contribution >= 0.6 is 0 Å². The Morgan fingerprint density at radius 3 is 2.58 bits per heavy atom. The van der Waals surface area contributed by atoms with E-state index in [1.165, 1.54) is 48.8 Å². The lowest BCUT2D eigenvalue weighted by Crippen LogP contribution is -2.39. The summed E-state index contributed by atoms with van der Waals surface area (Å²) in [5, 5.41) is 3.26. The van der Waals surface area contributed by atoms with Crippen LogP contribution in [-0.4, -0.2) is 48.8 Å². The lowest BCUT2D eigenvalue weighted by atomic mass is 9.86. The second-order valence-electron chi connectivity index (χ2n) is 10.8. The topological polar surface area (TPSA) is 50.8 Å². The minimum atomic E-state index is -0.00295. The Morgan fingerprint density at radius 1 is 1.00 bits per heavy atom. The Hall–Kier alpha value is -2.37. The second-order valence-corrected chi connectivity index (χ2v) is 10.8. The molecule has 0 spiro atoms. The predicted octanol–water partition coefficient (Wildman–Crippen LogP) is 5.69. The van der Waals surface area contributed by atoms with Gasteiger partial charge >= 0.3 is 0 Å². The summed E-state index contributed by atoms with van der Waals surface area (Å²) in [6.45, 7) is 5.88. The lowest BCUT2D eigenvalue weighted by Gasteiger charge is -2.34. The maximum atomic E-state index is 12.9. The summed E-state index contributed by atoms with van der Waals surface area (Å²) in [7, 11) is 0. The molecule has 0 radical (unpaired) electrons. The molecule has 3 aliphatic rings. The van der Waals surface area contributed by atoms with Crippen molar-refractivity contribution < 1.29 is 14.3 Å². The molecule has 2 aromatic carbocycles. The molecule has 1 N–H and O–H groups in total. The molecule has 1 saturated carbocycles. The number of benzene rings is 2. The van der Waals surface area contributed by atoms with Crippen molar-refractivity contribution >= 4 is 5.91 Å². The van der Waals surface area contributed by atoms with Gasteiger partial charge in [0.25, 0.3) is 5.91 Å². The minimum Gasteiger partial charge on any atom is -0.491 e. The van der Waals surface area contributed by atoms with Crippen LogP contribution in [0.1, 0.15) is 85.3 Å². The first kappa shape index (κ1) is 25.3. The molecular formula is C31H42N2O3. The van der Waals surface area contributed by atoms with Crippen LogP contribution in [0, 0.1) is 0 Å². The average molecular weight is 491 g/mol. The zero-order chi connectivity index (χ0) is 24.7. The predicted molar refractivity (Wildman–Crippen MR) is 144 cm³/mol. The van der Waals surface area contributed by atoms with Crippen molar-refractivity contribution in [3.63, 3.8) is 0 Å². The van der Waals surface area contributed by atoms with Crippen LogP contribution in [-0.2, 0) is 24.1 Å². The molecule has 0 bridgehead atoms. The molecule has 194 valence electrons. The molecule has 1 amide bonds. The van der Waals surface area contributed by atoms with Gasteiger partial charge in [0.1, 0.15) is 12.4 Å². The molecule has 1 aliphatic heterocycles. The summed E-state index contributed by atoms with van der Waals surface area (Å²) < 4.78 is 11.4. The smallest absolute Gasteiger partial charge is 0.251 e. The summed E-state index contributed by atoms with van der Waals surface area (Å²) in [4.78, 5) is 15.6. The molecular weight excluding hydrogens is 448 g/mol. The van der Waals surface area contributed by atoms with Crippen molar-refractivity contribution in [1.82, 2.24) is 10.2 Å². The van der Waals surface area contributed by atoms with E-state index in [0.29, 0.717) is 12.2 Å². The van der Waals surface area contributed by atoms with Crippen LogP contribution in [0.4, 0.5) is 0 Å². The van der Waals surface area contributed by atoms with Crippen LogP contribution in [0.25, 0.3) is 0 Å². The van der Waals surface area contributed by atoms with E-state index in [1.54, 1.807) is 0 Å². The fourth-order valence-corrected chi connectivity index (χ4v) is 6.15. The van der Waals surface area contributed by atoms with Gasteiger partial charge in [0, 0.05) is 30.8 Å². The van der Waals surface area contributed by atoms with Gasteiger partial charge in [-0.1, -0.05) is 44.4 Å². The number of ether oxygens (including phenoxy) is 2. The Kier molecular flexibility index (Phi) is 8.60. The van der Waals surface area contributed by atoms with Gasteiger partial charge in [0.05, 0.1) is 6.10 Å². The van der Waals surface area contributed by atoms with E-state index in [1.807, 2.05) is 24.3 Å². The van der Waals surface area contributed by atoms with Crippen molar-refractivity contribution in [2.45, 2.75) is 95.9 Å². The zero-order valence-corrected chi connectivity index (χ0v) is 21.8. The number of nitrogens with zero attached hydrogens (tertiary/aromatic N) is 1. The number of fused-ring (bicyclic) bond motifs is 1. The van der Waals surface area contributed by atoms with Gasteiger partial charge in [0.2, 0.25) is 0 Å². The second kappa shape index (κ2) is 12.2. The number of hydrogen-bond acceptors (Lipinski definition) is 4. The van der Waals surface area contributed by atoms with Crippen LogP contribution in [0.2, 0.25) is 0 Å². The molecule has 5 rings (SSSR count). The van der Waals surface area contributed by atoms with E-state index in [9.17, 15) is 4.79 Å². The number of carbonyl (C=O) groups excluding carboxylic acids is 1. The first-order chi connectivity index (χ1) is 17.7. The monoisotopic (exact) mass is 490 g/mol. The third-order valence-corrected chi connectivity index (χ3v) is 8.29. The van der Waals surface area contributed by atoms with E-state index in [2.05, 4.69) is 35.3 Å². The maximum absolute atomic E-state index is 12.9. The van der Waals surface area contributed by atoms with E-state index in [4.69, 9.17) is 9.47 Å². The van der Waals surface area contributed by atoms with E-state index < -0.39 is 0 Å². The highest BCUT2D eigenvalue weighted by molar-refractivity contribution is 5.94. The standard InChI is InChI=1S/C31H42N2O3/c1-2-33(28-7-4-3-5-8-28)21-23-10-11-26-20-27(15-12-25(26)19-23)32-31(34)24-13-16-29(17-14-24)36-22-30-9-6-18-35-30/h10-11,13-14,16-17,19,27-28,30H,2-9,12,15,18,20-22H2,1H3,(H,32,34)/t27-,30-/m0/s1. The van der Waals surface area contributed by atoms with E-state index in [0.717, 1.165) is 63.6 Å². The summed E-state index contributed by atoms with van der Waals surface area (Å²) in [5.74, 6) is 0.784. The Morgan fingerprint density at radius 2 is 1.83 bits per heavy atom. The molecule has 2 aromatic rings. The normalized spacial score (nSPS) is 22.4. The van der Waals surface area contributed by atoms with Crippen LogP contribution < -0.4 is 10.1 Å². The molecule has 5 nitrogen and oxygen atoms in total. The number of hydrogen-bond donors (Lipinski definition) is 1. The summed E-state index contributed by atoms with van der Waals surface area (Å²) in [6, 6.07) is 15.4. The van der Waals surface area contributed by atoms with Gasteiger partial charge in [-0.15, -0.1) is 0 Å². The molecule has 2 atom stereocenters. The van der Waals surface area contributed by atoms with Gasteiger partial charge in [-0.3, -0.25) is 9.69 Å². The molecule has 2 aliphatic carbocycles. The summed E-state index contributed by atoms with van der Waals surface area (Å²) >= 11 is 0. The third-order valence-electron chi connectivity index (χ3n) is 8.29. The van der Waals surface area contributed by atoms with Crippen molar-refractivity contribution in [2.75, 3.05) is 19.8 Å². The first-order valence-electron chi connectivity index (χ1n) is 14.2. The van der Waals surface area contributed by atoms with Gasteiger partial charge in [-0.05, 0) is 92.4 Å². The Bertz CT molecular complexity index is 993. The SMILES string of the molecule is CCN(Cc1ccc2c(c1)CC[C@H](NC(=O)c1ccc(OC[C@@H]3CCCO3)cc1)C2)C1CCCCC1. The van der Waals surface area contributed by atoms with E-state index in [-0.39, 0.29) is 18.1 Å². The number of amides is 1. The number of rotatable bonds is 9. The first-order valence-corrected chi connectivity index (χ1v) is 14.2. The van der Waals surface area contributed by atoms with Gasteiger partial charge < -0.3 is 14.8 Å². The summed E-state index contributed by atoms with van der Waals surface area (Å²) in [6.07, 6.45) is 12.2. The van der Waals surface area contributed by atoms with Crippen LogP contribution in [0.5, 0.6) is 5.75 Å². The Labute approximate surface area is 216 Å². The average Bonchev–Trinajstić information content (AvgIpc) is 3.45. The molecule has 36 heavy (non-hydrogen) atoms. The highest BCUT2D eigenvalue weighted by Crippen LogP contribution is 2.27. The summed E-state index contributed by atoms with van der Waals surface area (Å²) in [5.41, 5.74) is 4.97. The van der Waals surface area contributed by atoms with Gasteiger partial charge in [-0.25, -0.2) is 0 Å². The van der Waals surface area contributed by atoms with Crippen molar-refractivity contribution in [1.29, 1.82) is 0 Å². The molecule has 1 saturated heterocycles. The fraction of sp³-hybridized carbons (Fsp3) is 0.581. The number of carbonyl (C=O) groups is 1.